The second-order valence-corrected chi connectivity index (χ2v) is 7.34. The zero-order chi connectivity index (χ0) is 19.6. The molecule has 0 saturated carbocycles. The molecule has 4 rings (SSSR count). The number of azo groups is 1. The van der Waals surface area contributed by atoms with Crippen molar-refractivity contribution < 1.29 is 4.74 Å². The molecule has 0 fully saturated rings. The van der Waals surface area contributed by atoms with Crippen LogP contribution in [0.4, 0.5) is 11.4 Å². The van der Waals surface area contributed by atoms with Crippen LogP contribution in [-0.4, -0.2) is 7.05 Å². The Bertz CT molecular complexity index is 1020. The fraction of sp³-hybridized carbons (Fsp3) is 0.167. The lowest BCUT2D eigenvalue weighted by Crippen LogP contribution is -2.22. The van der Waals surface area contributed by atoms with Crippen LogP contribution < -0.4 is 9.64 Å². The monoisotopic (exact) mass is 369 g/mol. The van der Waals surface area contributed by atoms with E-state index in [1.807, 2.05) is 60.8 Å². The third kappa shape index (κ3) is 3.41. The minimum atomic E-state index is -0.0995. The highest BCUT2D eigenvalue weighted by molar-refractivity contribution is 5.69. The topological polar surface area (TPSA) is 37.2 Å². The molecule has 0 N–H and O–H groups in total. The number of para-hydroxylation sites is 2. The number of benzene rings is 3. The Morgan fingerprint density at radius 3 is 2.18 bits per heavy atom. The molecule has 0 spiro atoms. The molecule has 1 heterocycles. The molecule has 1 aliphatic rings. The third-order valence-corrected chi connectivity index (χ3v) is 5.11. The molecule has 0 aromatic heterocycles. The highest BCUT2D eigenvalue weighted by Crippen LogP contribution is 2.46. The lowest BCUT2D eigenvalue weighted by Gasteiger charge is -2.22. The molecule has 0 amide bonds. The Morgan fingerprint density at radius 1 is 0.821 bits per heavy atom. The van der Waals surface area contributed by atoms with Crippen molar-refractivity contribution in [1.29, 1.82) is 0 Å². The number of ether oxygens (including phenoxy) is 1. The van der Waals surface area contributed by atoms with Gasteiger partial charge in [-0.05, 0) is 48.0 Å². The molecule has 0 aliphatic carbocycles. The fourth-order valence-electron chi connectivity index (χ4n) is 3.59. The van der Waals surface area contributed by atoms with Gasteiger partial charge in [-0.3, -0.25) is 0 Å². The van der Waals surface area contributed by atoms with Crippen LogP contribution in [0.3, 0.4) is 0 Å². The molecular formula is C24H23N3O. The summed E-state index contributed by atoms with van der Waals surface area (Å²) in [5.74, 6) is 1.59. The average Bonchev–Trinajstić information content (AvgIpc) is 2.91. The molecule has 0 saturated heterocycles. The quantitative estimate of drug-likeness (QED) is 0.473. The van der Waals surface area contributed by atoms with E-state index in [2.05, 4.69) is 60.3 Å². The Kier molecular flexibility index (Phi) is 4.70. The number of hydrogen-bond acceptors (Lipinski definition) is 4. The van der Waals surface area contributed by atoms with E-state index in [9.17, 15) is 0 Å². The van der Waals surface area contributed by atoms with E-state index in [4.69, 9.17) is 4.74 Å². The Balaban J connectivity index is 1.49. The molecule has 0 unspecified atom stereocenters. The molecule has 28 heavy (non-hydrogen) atoms. The van der Waals surface area contributed by atoms with E-state index in [0.717, 1.165) is 22.9 Å². The second-order valence-electron chi connectivity index (χ2n) is 7.34. The van der Waals surface area contributed by atoms with Crippen LogP contribution in [0, 0.1) is 0 Å². The molecule has 3 aromatic rings. The molecule has 4 heteroatoms. The van der Waals surface area contributed by atoms with Gasteiger partial charge in [-0.1, -0.05) is 50.2 Å². The van der Waals surface area contributed by atoms with Gasteiger partial charge in [0.25, 0.3) is 0 Å². The van der Waals surface area contributed by atoms with Gasteiger partial charge in [0.05, 0.1) is 11.9 Å². The molecular weight excluding hydrogens is 346 g/mol. The highest BCUT2D eigenvalue weighted by atomic mass is 16.5. The summed E-state index contributed by atoms with van der Waals surface area (Å²) < 4.78 is 5.81. The molecule has 0 bridgehead atoms. The molecule has 1 aliphatic heterocycles. The molecule has 0 radical (unpaired) electrons. The van der Waals surface area contributed by atoms with Gasteiger partial charge in [0.2, 0.25) is 0 Å². The maximum absolute atomic E-state index is 5.81. The van der Waals surface area contributed by atoms with Crippen molar-refractivity contribution in [2.45, 2.75) is 19.3 Å². The highest BCUT2D eigenvalue weighted by Gasteiger charge is 2.38. The average molecular weight is 369 g/mol. The lowest BCUT2D eigenvalue weighted by atomic mass is 9.84. The van der Waals surface area contributed by atoms with Gasteiger partial charge in [-0.2, -0.15) is 10.2 Å². The largest absolute Gasteiger partial charge is 0.457 e. The summed E-state index contributed by atoms with van der Waals surface area (Å²) in [6.45, 7) is 4.43. The standard InChI is InChI=1S/C24H23N3O/c1-24(2)21-11-7-8-12-22(21)27(3)23(24)17-25-26-18-13-15-20(16-14-18)28-19-9-5-4-6-10-19/h4-17H,1-3H3/b23-17+,26-25?. The number of fused-ring (bicyclic) bond motifs is 1. The number of rotatable bonds is 4. The molecule has 0 atom stereocenters. The van der Waals surface area contributed by atoms with E-state index < -0.39 is 0 Å². The zero-order valence-electron chi connectivity index (χ0n) is 16.3. The SMILES string of the molecule is CN1/C(=C/N=Nc2ccc(Oc3ccccc3)cc2)C(C)(C)c2ccccc21. The van der Waals surface area contributed by atoms with Gasteiger partial charge in [0, 0.05) is 23.8 Å². The van der Waals surface area contributed by atoms with Crippen LogP contribution in [-0.2, 0) is 5.41 Å². The number of likely N-dealkylation sites (N-methyl/N-ethyl adjacent to an activating group) is 1. The van der Waals surface area contributed by atoms with Crippen LogP contribution in [0.15, 0.2) is 101 Å². The van der Waals surface area contributed by atoms with E-state index in [-0.39, 0.29) is 5.41 Å². The van der Waals surface area contributed by atoms with E-state index in [1.165, 1.54) is 11.3 Å². The predicted molar refractivity (Wildman–Crippen MR) is 113 cm³/mol. The fourth-order valence-corrected chi connectivity index (χ4v) is 3.59. The van der Waals surface area contributed by atoms with Crippen LogP contribution >= 0.6 is 0 Å². The second kappa shape index (κ2) is 7.31. The first-order valence-corrected chi connectivity index (χ1v) is 9.33. The van der Waals surface area contributed by atoms with Crippen LogP contribution in [0.2, 0.25) is 0 Å². The van der Waals surface area contributed by atoms with E-state index >= 15 is 0 Å². The van der Waals surface area contributed by atoms with Crippen molar-refractivity contribution in [3.63, 3.8) is 0 Å². The summed E-state index contributed by atoms with van der Waals surface area (Å²) in [5, 5.41) is 8.69. The van der Waals surface area contributed by atoms with Crippen LogP contribution in [0.1, 0.15) is 19.4 Å². The first kappa shape index (κ1) is 18.0. The third-order valence-electron chi connectivity index (χ3n) is 5.11. The maximum Gasteiger partial charge on any atom is 0.127 e. The van der Waals surface area contributed by atoms with Crippen molar-refractivity contribution >= 4 is 11.4 Å². The summed E-state index contributed by atoms with van der Waals surface area (Å²) in [4.78, 5) is 2.19. The van der Waals surface area contributed by atoms with Crippen LogP contribution in [0.25, 0.3) is 0 Å². The summed E-state index contributed by atoms with van der Waals surface area (Å²) in [5.41, 5.74) is 4.34. The van der Waals surface area contributed by atoms with Crippen molar-refractivity contribution in [1.82, 2.24) is 0 Å². The molecule has 3 aromatic carbocycles. The van der Waals surface area contributed by atoms with Crippen molar-refractivity contribution in [3.8, 4) is 11.5 Å². The summed E-state index contributed by atoms with van der Waals surface area (Å²) in [6, 6.07) is 25.8. The molecule has 4 nitrogen and oxygen atoms in total. The minimum absolute atomic E-state index is 0.0995. The Hall–Kier alpha value is -3.40. The summed E-state index contributed by atoms with van der Waals surface area (Å²) in [6.07, 6.45) is 1.86. The van der Waals surface area contributed by atoms with Crippen molar-refractivity contribution in [2.24, 2.45) is 10.2 Å². The van der Waals surface area contributed by atoms with Gasteiger partial charge in [-0.25, -0.2) is 0 Å². The van der Waals surface area contributed by atoms with Gasteiger partial charge in [-0.15, -0.1) is 0 Å². The Labute approximate surface area is 165 Å². The first-order chi connectivity index (χ1) is 13.6. The van der Waals surface area contributed by atoms with Gasteiger partial charge in [0.15, 0.2) is 0 Å². The van der Waals surface area contributed by atoms with Gasteiger partial charge >= 0.3 is 0 Å². The van der Waals surface area contributed by atoms with Crippen molar-refractivity contribution in [2.75, 3.05) is 11.9 Å². The lowest BCUT2D eigenvalue weighted by molar-refractivity contribution is 0.483. The van der Waals surface area contributed by atoms with E-state index in [1.54, 1.807) is 0 Å². The predicted octanol–water partition coefficient (Wildman–Crippen LogP) is 6.83. The number of anilines is 1. The van der Waals surface area contributed by atoms with Crippen LogP contribution in [0.5, 0.6) is 11.5 Å². The van der Waals surface area contributed by atoms with Gasteiger partial charge < -0.3 is 9.64 Å². The van der Waals surface area contributed by atoms with Crippen molar-refractivity contribution in [3.05, 3.63) is 96.3 Å². The summed E-state index contributed by atoms with van der Waals surface area (Å²) in [7, 11) is 2.07. The zero-order valence-corrected chi connectivity index (χ0v) is 16.3. The van der Waals surface area contributed by atoms with E-state index in [0.29, 0.717) is 0 Å². The first-order valence-electron chi connectivity index (χ1n) is 9.33. The maximum atomic E-state index is 5.81. The normalized spacial score (nSPS) is 16.5. The summed E-state index contributed by atoms with van der Waals surface area (Å²) >= 11 is 0. The smallest absolute Gasteiger partial charge is 0.127 e. The number of nitrogens with zero attached hydrogens (tertiary/aromatic N) is 3. The van der Waals surface area contributed by atoms with Gasteiger partial charge in [0.1, 0.15) is 11.5 Å². The minimum Gasteiger partial charge on any atom is -0.457 e. The Morgan fingerprint density at radius 2 is 1.46 bits per heavy atom. The number of hydrogen-bond donors (Lipinski definition) is 0. The molecule has 140 valence electrons. The number of allylic oxidation sites excluding steroid dienone is 1.